The lowest BCUT2D eigenvalue weighted by Gasteiger charge is -2.24. The summed E-state index contributed by atoms with van der Waals surface area (Å²) in [5.74, 6) is -2.03. The molecule has 1 rings (SSSR count). The Morgan fingerprint density at radius 3 is 2.24 bits per heavy atom. The van der Waals surface area contributed by atoms with E-state index in [9.17, 15) is 18.4 Å². The summed E-state index contributed by atoms with van der Waals surface area (Å²) in [7, 11) is 0. The van der Waals surface area contributed by atoms with Gasteiger partial charge in [-0.05, 0) is 26.0 Å². The lowest BCUT2D eigenvalue weighted by atomic mass is 10.2. The van der Waals surface area contributed by atoms with E-state index in [2.05, 4.69) is 0 Å². The second kappa shape index (κ2) is 7.71. The average Bonchev–Trinajstić information content (AvgIpc) is 2.42. The molecule has 21 heavy (non-hydrogen) atoms. The van der Waals surface area contributed by atoms with Crippen molar-refractivity contribution in [2.24, 2.45) is 0 Å². The number of nitrogens with zero attached hydrogens (tertiary/aromatic N) is 2. The molecule has 0 aliphatic heterocycles. The minimum Gasteiger partial charge on any atom is -0.343 e. The van der Waals surface area contributed by atoms with E-state index in [0.717, 1.165) is 17.0 Å². The van der Waals surface area contributed by atoms with Crippen LogP contribution in [-0.2, 0) is 9.59 Å². The van der Waals surface area contributed by atoms with Crippen molar-refractivity contribution < 1.29 is 18.4 Å². The van der Waals surface area contributed by atoms with Crippen LogP contribution in [0.3, 0.4) is 0 Å². The lowest BCUT2D eigenvalue weighted by Crippen LogP contribution is -2.36. The van der Waals surface area contributed by atoms with E-state index < -0.39 is 17.5 Å². The molecule has 0 aromatic heterocycles. The number of amides is 2. The Morgan fingerprint density at radius 1 is 1.14 bits per heavy atom. The van der Waals surface area contributed by atoms with Crippen molar-refractivity contribution in [2.75, 3.05) is 24.5 Å². The summed E-state index contributed by atoms with van der Waals surface area (Å²) in [6, 6.07) is 3.01. The molecule has 116 valence electrons. The molecule has 0 aliphatic rings. The molecule has 0 radical (unpaired) electrons. The average molecular weight is 298 g/mol. The van der Waals surface area contributed by atoms with Crippen LogP contribution in [0.1, 0.15) is 27.2 Å². The Morgan fingerprint density at radius 2 is 1.76 bits per heavy atom. The quantitative estimate of drug-likeness (QED) is 0.810. The molecule has 1 aromatic rings. The zero-order chi connectivity index (χ0) is 16.0. The van der Waals surface area contributed by atoms with E-state index >= 15 is 0 Å². The SMILES string of the molecule is CCN(CC)C(=O)CCN(C(C)=O)c1ccc(F)cc1F. The molecule has 2 amide bonds. The normalized spacial score (nSPS) is 10.3. The first-order valence-corrected chi connectivity index (χ1v) is 6.91. The maximum Gasteiger partial charge on any atom is 0.224 e. The smallest absolute Gasteiger partial charge is 0.224 e. The van der Waals surface area contributed by atoms with Crippen LogP contribution in [-0.4, -0.2) is 36.3 Å². The molecule has 0 saturated heterocycles. The van der Waals surface area contributed by atoms with Gasteiger partial charge >= 0.3 is 0 Å². The summed E-state index contributed by atoms with van der Waals surface area (Å²) in [6.45, 7) is 6.24. The summed E-state index contributed by atoms with van der Waals surface area (Å²) in [4.78, 5) is 26.4. The molecule has 6 heteroatoms. The monoisotopic (exact) mass is 298 g/mol. The Balaban J connectivity index is 2.84. The summed E-state index contributed by atoms with van der Waals surface area (Å²) in [5.41, 5.74) is -0.0174. The third-order valence-electron chi connectivity index (χ3n) is 3.25. The maximum absolute atomic E-state index is 13.7. The standard InChI is InChI=1S/C15H20F2N2O2/c1-4-18(5-2)15(21)8-9-19(11(3)20)14-7-6-12(16)10-13(14)17/h6-7,10H,4-5,8-9H2,1-3H3. The fourth-order valence-electron chi connectivity index (χ4n) is 2.09. The number of anilines is 1. The Labute approximate surface area is 123 Å². The van der Waals surface area contributed by atoms with Gasteiger partial charge in [-0.2, -0.15) is 0 Å². The number of hydrogen-bond donors (Lipinski definition) is 0. The third kappa shape index (κ3) is 4.51. The molecule has 1 aromatic carbocycles. The van der Waals surface area contributed by atoms with Gasteiger partial charge in [-0.1, -0.05) is 0 Å². The van der Waals surface area contributed by atoms with E-state index in [1.54, 1.807) is 4.90 Å². The molecular formula is C15H20F2N2O2. The highest BCUT2D eigenvalue weighted by atomic mass is 19.1. The largest absolute Gasteiger partial charge is 0.343 e. The van der Waals surface area contributed by atoms with E-state index in [0.29, 0.717) is 13.1 Å². The van der Waals surface area contributed by atoms with Crippen LogP contribution in [0.5, 0.6) is 0 Å². The lowest BCUT2D eigenvalue weighted by molar-refractivity contribution is -0.130. The minimum absolute atomic E-state index is 0.0174. The summed E-state index contributed by atoms with van der Waals surface area (Å²) in [6.07, 6.45) is 0.0953. The highest BCUT2D eigenvalue weighted by molar-refractivity contribution is 5.92. The zero-order valence-corrected chi connectivity index (χ0v) is 12.5. The highest BCUT2D eigenvalue weighted by Gasteiger charge is 2.19. The van der Waals surface area contributed by atoms with Gasteiger partial charge in [-0.15, -0.1) is 0 Å². The van der Waals surface area contributed by atoms with Crippen molar-refractivity contribution >= 4 is 17.5 Å². The minimum atomic E-state index is -0.819. The van der Waals surface area contributed by atoms with Crippen LogP contribution in [0.4, 0.5) is 14.5 Å². The first-order chi connectivity index (χ1) is 9.90. The summed E-state index contributed by atoms with van der Waals surface area (Å²) < 4.78 is 26.7. The highest BCUT2D eigenvalue weighted by Crippen LogP contribution is 2.20. The van der Waals surface area contributed by atoms with Gasteiger partial charge in [0, 0.05) is 39.0 Å². The maximum atomic E-state index is 13.7. The van der Waals surface area contributed by atoms with Crippen molar-refractivity contribution in [2.45, 2.75) is 27.2 Å². The molecule has 0 unspecified atom stereocenters. The topological polar surface area (TPSA) is 40.6 Å². The molecule has 0 bridgehead atoms. The molecule has 0 heterocycles. The second-order valence-electron chi connectivity index (χ2n) is 4.58. The molecule has 0 spiro atoms. The fourth-order valence-corrected chi connectivity index (χ4v) is 2.09. The van der Waals surface area contributed by atoms with E-state index in [4.69, 9.17) is 0 Å². The van der Waals surface area contributed by atoms with Crippen LogP contribution in [0.25, 0.3) is 0 Å². The Bertz CT molecular complexity index is 516. The van der Waals surface area contributed by atoms with Crippen molar-refractivity contribution in [3.63, 3.8) is 0 Å². The summed E-state index contributed by atoms with van der Waals surface area (Å²) in [5, 5.41) is 0. The Hall–Kier alpha value is -1.98. The van der Waals surface area contributed by atoms with Crippen LogP contribution in [0, 0.1) is 11.6 Å². The van der Waals surface area contributed by atoms with E-state index in [-0.39, 0.29) is 24.6 Å². The van der Waals surface area contributed by atoms with Crippen LogP contribution in [0.15, 0.2) is 18.2 Å². The molecule has 0 aliphatic carbocycles. The molecular weight excluding hydrogens is 278 g/mol. The number of benzene rings is 1. The van der Waals surface area contributed by atoms with Gasteiger partial charge in [-0.3, -0.25) is 9.59 Å². The van der Waals surface area contributed by atoms with Gasteiger partial charge in [-0.25, -0.2) is 8.78 Å². The van der Waals surface area contributed by atoms with Gasteiger partial charge in [0.2, 0.25) is 11.8 Å². The predicted octanol–water partition coefficient (Wildman–Crippen LogP) is 2.58. The predicted molar refractivity (Wildman–Crippen MR) is 76.9 cm³/mol. The van der Waals surface area contributed by atoms with Gasteiger partial charge in [0.1, 0.15) is 11.6 Å². The molecule has 0 saturated carbocycles. The summed E-state index contributed by atoms with van der Waals surface area (Å²) >= 11 is 0. The van der Waals surface area contributed by atoms with Crippen LogP contribution < -0.4 is 4.90 Å². The van der Waals surface area contributed by atoms with E-state index in [1.165, 1.54) is 13.0 Å². The number of halogens is 2. The molecule has 0 fully saturated rings. The van der Waals surface area contributed by atoms with Gasteiger partial charge < -0.3 is 9.80 Å². The van der Waals surface area contributed by atoms with Gasteiger partial charge in [0.25, 0.3) is 0 Å². The zero-order valence-electron chi connectivity index (χ0n) is 12.5. The first-order valence-electron chi connectivity index (χ1n) is 6.91. The number of hydrogen-bond acceptors (Lipinski definition) is 2. The van der Waals surface area contributed by atoms with Crippen molar-refractivity contribution in [3.8, 4) is 0 Å². The molecule has 4 nitrogen and oxygen atoms in total. The fraction of sp³-hybridized carbons (Fsp3) is 0.467. The van der Waals surface area contributed by atoms with Crippen molar-refractivity contribution in [3.05, 3.63) is 29.8 Å². The second-order valence-corrected chi connectivity index (χ2v) is 4.58. The number of carbonyl (C=O) groups is 2. The van der Waals surface area contributed by atoms with Crippen LogP contribution in [0.2, 0.25) is 0 Å². The number of carbonyl (C=O) groups excluding carboxylic acids is 2. The number of rotatable bonds is 6. The molecule has 0 atom stereocenters. The third-order valence-corrected chi connectivity index (χ3v) is 3.25. The van der Waals surface area contributed by atoms with Gasteiger partial charge in [0.05, 0.1) is 5.69 Å². The Kier molecular flexibility index (Phi) is 6.27. The van der Waals surface area contributed by atoms with E-state index in [1.807, 2.05) is 13.8 Å². The van der Waals surface area contributed by atoms with Crippen LogP contribution >= 0.6 is 0 Å². The van der Waals surface area contributed by atoms with Crippen molar-refractivity contribution in [1.29, 1.82) is 0 Å². The first kappa shape index (κ1) is 17.1. The van der Waals surface area contributed by atoms with Gasteiger partial charge in [0.15, 0.2) is 0 Å². The molecule has 0 N–H and O–H groups in total. The van der Waals surface area contributed by atoms with Crippen molar-refractivity contribution in [1.82, 2.24) is 4.90 Å².